The molecule has 2 aromatic carbocycles. The summed E-state index contributed by atoms with van der Waals surface area (Å²) < 4.78 is 7.91. The fourth-order valence-corrected chi connectivity index (χ4v) is 4.88. The van der Waals surface area contributed by atoms with Crippen molar-refractivity contribution in [3.05, 3.63) is 71.6 Å². The topological polar surface area (TPSA) is 67.5 Å². The summed E-state index contributed by atoms with van der Waals surface area (Å²) in [6.07, 6.45) is 4.58. The number of para-hydroxylation sites is 2. The number of hydrogen-bond donors (Lipinski definition) is 1. The van der Waals surface area contributed by atoms with Crippen molar-refractivity contribution in [2.24, 2.45) is 0 Å². The van der Waals surface area contributed by atoms with Gasteiger partial charge in [0.1, 0.15) is 5.58 Å². The molecular weight excluding hydrogens is 390 g/mol. The third kappa shape index (κ3) is 2.68. The molecule has 154 valence electrons. The van der Waals surface area contributed by atoms with Gasteiger partial charge in [-0.1, -0.05) is 36.4 Å². The number of nitrogens with one attached hydrogen (secondary N) is 1. The van der Waals surface area contributed by atoms with Crippen molar-refractivity contribution in [3.63, 3.8) is 0 Å². The van der Waals surface area contributed by atoms with Crippen LogP contribution in [0.2, 0.25) is 0 Å². The molecule has 0 saturated heterocycles. The highest BCUT2D eigenvalue weighted by atomic mass is 16.3. The lowest BCUT2D eigenvalue weighted by Crippen LogP contribution is -2.27. The van der Waals surface area contributed by atoms with Crippen molar-refractivity contribution >= 4 is 44.8 Å². The first-order valence-electron chi connectivity index (χ1n) is 10.5. The summed E-state index contributed by atoms with van der Waals surface area (Å²) in [5.74, 6) is -0.745. The molecule has 2 amide bonds. The maximum atomic E-state index is 13.0. The van der Waals surface area contributed by atoms with Gasteiger partial charge in [-0.15, -0.1) is 0 Å². The van der Waals surface area contributed by atoms with Crippen LogP contribution in [0.3, 0.4) is 0 Å². The van der Waals surface area contributed by atoms with Gasteiger partial charge in [0.2, 0.25) is 0 Å². The minimum atomic E-state index is -0.384. The van der Waals surface area contributed by atoms with E-state index >= 15 is 0 Å². The highest BCUT2D eigenvalue weighted by Crippen LogP contribution is 2.39. The molecule has 0 bridgehead atoms. The van der Waals surface area contributed by atoms with Gasteiger partial charge in [-0.3, -0.25) is 14.9 Å². The first kappa shape index (κ1) is 18.2. The molecule has 4 aromatic rings. The van der Waals surface area contributed by atoms with E-state index in [1.807, 2.05) is 42.6 Å². The van der Waals surface area contributed by atoms with Crippen LogP contribution in [0.15, 0.2) is 59.3 Å². The number of likely N-dealkylation sites (N-methyl/N-ethyl adjacent to an activating group) is 1. The third-order valence-electron chi connectivity index (χ3n) is 6.42. The van der Waals surface area contributed by atoms with Gasteiger partial charge in [0.05, 0.1) is 22.9 Å². The average Bonchev–Trinajstić information content (AvgIpc) is 3.44. The Morgan fingerprint density at radius 1 is 0.903 bits per heavy atom. The van der Waals surface area contributed by atoms with Crippen LogP contribution >= 0.6 is 0 Å². The molecule has 31 heavy (non-hydrogen) atoms. The van der Waals surface area contributed by atoms with Crippen LogP contribution < -0.4 is 5.32 Å². The Kier molecular flexibility index (Phi) is 3.91. The van der Waals surface area contributed by atoms with E-state index in [2.05, 4.69) is 27.9 Å². The Bertz CT molecular complexity index is 1420. The van der Waals surface area contributed by atoms with Crippen molar-refractivity contribution in [3.8, 4) is 0 Å². The quantitative estimate of drug-likeness (QED) is 0.513. The van der Waals surface area contributed by atoms with Crippen LogP contribution in [0.5, 0.6) is 0 Å². The SMILES string of the molecule is CN1CCc2cccc3c(C4=C(c5cccc6ccoc56)C(=O)NC4=O)cn(c23)CC1. The number of benzene rings is 2. The van der Waals surface area contributed by atoms with E-state index in [4.69, 9.17) is 4.42 Å². The second-order valence-electron chi connectivity index (χ2n) is 8.28. The Hall–Kier alpha value is -3.64. The summed E-state index contributed by atoms with van der Waals surface area (Å²) >= 11 is 0. The first-order valence-corrected chi connectivity index (χ1v) is 10.5. The molecule has 6 rings (SSSR count). The molecule has 0 spiro atoms. The lowest BCUT2D eigenvalue weighted by Gasteiger charge is -2.21. The monoisotopic (exact) mass is 411 g/mol. The Labute approximate surface area is 178 Å². The number of hydrogen-bond acceptors (Lipinski definition) is 4. The summed E-state index contributed by atoms with van der Waals surface area (Å²) in [5.41, 5.74) is 5.26. The summed E-state index contributed by atoms with van der Waals surface area (Å²) in [6.45, 7) is 2.75. The van der Waals surface area contributed by atoms with Gasteiger partial charge in [0.25, 0.3) is 11.8 Å². The van der Waals surface area contributed by atoms with E-state index < -0.39 is 0 Å². The van der Waals surface area contributed by atoms with Crippen LogP contribution in [0, 0.1) is 0 Å². The molecule has 0 radical (unpaired) electrons. The second-order valence-corrected chi connectivity index (χ2v) is 8.28. The fraction of sp³-hybridized carbons (Fsp3) is 0.200. The van der Waals surface area contributed by atoms with Crippen LogP contribution in [0.4, 0.5) is 0 Å². The normalized spacial score (nSPS) is 17.5. The smallest absolute Gasteiger partial charge is 0.259 e. The molecule has 2 aromatic heterocycles. The van der Waals surface area contributed by atoms with Crippen molar-refractivity contribution in [2.75, 3.05) is 20.1 Å². The zero-order valence-electron chi connectivity index (χ0n) is 17.1. The van der Waals surface area contributed by atoms with Gasteiger partial charge in [0.15, 0.2) is 0 Å². The van der Waals surface area contributed by atoms with E-state index in [9.17, 15) is 9.59 Å². The zero-order chi connectivity index (χ0) is 21.1. The Morgan fingerprint density at radius 2 is 1.71 bits per heavy atom. The van der Waals surface area contributed by atoms with Gasteiger partial charge in [-0.25, -0.2) is 0 Å². The lowest BCUT2D eigenvalue weighted by atomic mass is 9.94. The zero-order valence-corrected chi connectivity index (χ0v) is 17.1. The molecule has 0 aliphatic carbocycles. The predicted octanol–water partition coefficient (Wildman–Crippen LogP) is 3.44. The summed E-state index contributed by atoms with van der Waals surface area (Å²) in [6, 6.07) is 13.7. The molecular formula is C25H21N3O3. The van der Waals surface area contributed by atoms with E-state index in [-0.39, 0.29) is 11.8 Å². The highest BCUT2D eigenvalue weighted by Gasteiger charge is 2.35. The largest absolute Gasteiger partial charge is 0.464 e. The summed E-state index contributed by atoms with van der Waals surface area (Å²) in [7, 11) is 2.13. The molecule has 0 atom stereocenters. The number of rotatable bonds is 2. The van der Waals surface area contributed by atoms with Crippen molar-refractivity contribution in [1.29, 1.82) is 0 Å². The number of aromatic nitrogens is 1. The number of nitrogens with zero attached hydrogens (tertiary/aromatic N) is 2. The molecule has 2 aliphatic rings. The summed E-state index contributed by atoms with van der Waals surface area (Å²) in [5, 5.41) is 4.42. The molecule has 1 N–H and O–H groups in total. The standard InChI is InChI=1S/C25H21N3O3/c1-27-10-8-15-4-2-6-17-19(14-28(12-11-27)22(15)17)21-20(24(29)26-25(21)30)18-7-3-5-16-9-13-31-23(16)18/h2-7,9,13-14H,8,10-12H2,1H3,(H,26,29,30). The first-order chi connectivity index (χ1) is 15.1. The van der Waals surface area contributed by atoms with E-state index in [1.54, 1.807) is 6.26 Å². The van der Waals surface area contributed by atoms with Crippen molar-refractivity contribution < 1.29 is 14.0 Å². The van der Waals surface area contributed by atoms with Crippen LogP contribution in [-0.2, 0) is 22.6 Å². The van der Waals surface area contributed by atoms with Gasteiger partial charge in [0, 0.05) is 47.7 Å². The minimum absolute atomic E-state index is 0.361. The van der Waals surface area contributed by atoms with Gasteiger partial charge in [-0.05, 0) is 25.1 Å². The van der Waals surface area contributed by atoms with Crippen LogP contribution in [0.25, 0.3) is 33.0 Å². The molecule has 2 aliphatic heterocycles. The van der Waals surface area contributed by atoms with Gasteiger partial charge < -0.3 is 13.9 Å². The number of imide groups is 1. The minimum Gasteiger partial charge on any atom is -0.464 e. The predicted molar refractivity (Wildman–Crippen MR) is 119 cm³/mol. The highest BCUT2D eigenvalue weighted by molar-refractivity contribution is 6.50. The number of fused-ring (bicyclic) bond motifs is 1. The Morgan fingerprint density at radius 3 is 2.58 bits per heavy atom. The molecule has 0 unspecified atom stereocenters. The Balaban J connectivity index is 1.65. The van der Waals surface area contributed by atoms with Gasteiger partial charge >= 0.3 is 0 Å². The second kappa shape index (κ2) is 6.68. The third-order valence-corrected chi connectivity index (χ3v) is 6.42. The van der Waals surface area contributed by atoms with Gasteiger partial charge in [-0.2, -0.15) is 0 Å². The molecule has 0 saturated carbocycles. The van der Waals surface area contributed by atoms with Crippen molar-refractivity contribution in [2.45, 2.75) is 13.0 Å². The maximum absolute atomic E-state index is 13.0. The molecule has 6 heteroatoms. The van der Waals surface area contributed by atoms with E-state index in [1.165, 1.54) is 5.56 Å². The molecule has 4 heterocycles. The van der Waals surface area contributed by atoms with E-state index in [0.29, 0.717) is 22.3 Å². The number of amides is 2. The summed E-state index contributed by atoms with van der Waals surface area (Å²) in [4.78, 5) is 28.3. The van der Waals surface area contributed by atoms with Crippen LogP contribution in [-0.4, -0.2) is 41.4 Å². The lowest BCUT2D eigenvalue weighted by molar-refractivity contribution is -0.122. The van der Waals surface area contributed by atoms with E-state index in [0.717, 1.165) is 47.9 Å². The van der Waals surface area contributed by atoms with Crippen LogP contribution in [0.1, 0.15) is 16.7 Å². The van der Waals surface area contributed by atoms with Crippen molar-refractivity contribution in [1.82, 2.24) is 14.8 Å². The number of carbonyl (C=O) groups is 2. The molecule has 6 nitrogen and oxygen atoms in total. The average molecular weight is 411 g/mol. The number of furan rings is 1. The fourth-order valence-electron chi connectivity index (χ4n) is 4.88. The molecule has 0 fully saturated rings. The number of carbonyl (C=O) groups excluding carboxylic acids is 2. The maximum Gasteiger partial charge on any atom is 0.259 e.